The number of nitrogens with zero attached hydrogens (tertiary/aromatic N) is 1. The Morgan fingerprint density at radius 1 is 1.04 bits per heavy atom. The number of hydrogen-bond acceptors (Lipinski definition) is 2. The molecule has 2 aliphatic rings. The molecule has 1 spiro atoms. The molecule has 0 unspecified atom stereocenters. The van der Waals surface area contributed by atoms with Gasteiger partial charge in [0.2, 0.25) is 0 Å². The third kappa shape index (κ3) is 3.92. The molecule has 1 aromatic carbocycles. The first-order chi connectivity index (χ1) is 12.0. The Labute approximate surface area is 159 Å². The molecule has 3 nitrogen and oxygen atoms in total. The standard InChI is InChI=1S/C23H35NO2/c1-21(2,3)18-9-10-19-17(16-18)8-7-11-23(19)12-14-24(15-13-23)20(25)26-22(4,5)6/h9-10,16H,7-8,11-15H2,1-6H3. The van der Waals surface area contributed by atoms with Crippen molar-refractivity contribution >= 4 is 6.09 Å². The quantitative estimate of drug-likeness (QED) is 0.606. The number of aryl methyl sites for hydroxylation is 1. The Kier molecular flexibility index (Phi) is 4.87. The number of ether oxygens (including phenoxy) is 1. The molecular weight excluding hydrogens is 322 g/mol. The minimum atomic E-state index is -0.424. The van der Waals surface area contributed by atoms with Crippen LogP contribution in [0, 0.1) is 0 Å². The average molecular weight is 358 g/mol. The van der Waals surface area contributed by atoms with Gasteiger partial charge in [0.25, 0.3) is 0 Å². The maximum atomic E-state index is 12.4. The number of likely N-dealkylation sites (tertiary alicyclic amines) is 1. The summed E-state index contributed by atoms with van der Waals surface area (Å²) in [6.07, 6.45) is 5.63. The lowest BCUT2D eigenvalue weighted by Gasteiger charge is -2.45. The fourth-order valence-electron chi connectivity index (χ4n) is 4.50. The first-order valence-electron chi connectivity index (χ1n) is 10.1. The van der Waals surface area contributed by atoms with Crippen molar-refractivity contribution in [2.45, 2.75) is 90.1 Å². The number of benzene rings is 1. The lowest BCUT2D eigenvalue weighted by molar-refractivity contribution is 0.0154. The van der Waals surface area contributed by atoms with Gasteiger partial charge in [-0.2, -0.15) is 0 Å². The zero-order valence-corrected chi connectivity index (χ0v) is 17.4. The van der Waals surface area contributed by atoms with E-state index in [4.69, 9.17) is 4.74 Å². The van der Waals surface area contributed by atoms with Gasteiger partial charge in [-0.05, 0) is 80.4 Å². The van der Waals surface area contributed by atoms with Gasteiger partial charge in [-0.25, -0.2) is 4.79 Å². The van der Waals surface area contributed by atoms with E-state index in [1.807, 2.05) is 25.7 Å². The third-order valence-corrected chi connectivity index (χ3v) is 6.02. The number of fused-ring (bicyclic) bond motifs is 2. The van der Waals surface area contributed by atoms with Crippen molar-refractivity contribution in [3.8, 4) is 0 Å². The fourth-order valence-corrected chi connectivity index (χ4v) is 4.50. The van der Waals surface area contributed by atoms with E-state index < -0.39 is 5.60 Å². The van der Waals surface area contributed by atoms with Gasteiger partial charge < -0.3 is 9.64 Å². The van der Waals surface area contributed by atoms with Crippen LogP contribution in [0.4, 0.5) is 4.79 Å². The maximum absolute atomic E-state index is 12.4. The fraction of sp³-hybridized carbons (Fsp3) is 0.696. The van der Waals surface area contributed by atoms with Crippen LogP contribution in [0.5, 0.6) is 0 Å². The van der Waals surface area contributed by atoms with Crippen molar-refractivity contribution in [1.82, 2.24) is 4.90 Å². The monoisotopic (exact) mass is 357 g/mol. The molecule has 3 rings (SSSR count). The van der Waals surface area contributed by atoms with E-state index in [0.717, 1.165) is 25.9 Å². The summed E-state index contributed by atoms with van der Waals surface area (Å²) in [6, 6.07) is 7.15. The van der Waals surface area contributed by atoms with Gasteiger partial charge in [0.05, 0.1) is 0 Å². The molecule has 3 heteroatoms. The summed E-state index contributed by atoms with van der Waals surface area (Å²) in [5.41, 5.74) is 4.53. The maximum Gasteiger partial charge on any atom is 0.410 e. The smallest absolute Gasteiger partial charge is 0.410 e. The topological polar surface area (TPSA) is 29.5 Å². The van der Waals surface area contributed by atoms with Crippen LogP contribution in [0.15, 0.2) is 18.2 Å². The van der Waals surface area contributed by atoms with Crippen molar-refractivity contribution in [3.05, 3.63) is 34.9 Å². The molecule has 0 aromatic heterocycles. The molecule has 1 heterocycles. The van der Waals surface area contributed by atoms with Crippen molar-refractivity contribution < 1.29 is 9.53 Å². The molecule has 1 aliphatic heterocycles. The first-order valence-corrected chi connectivity index (χ1v) is 10.1. The molecule has 1 amide bonds. The normalized spacial score (nSPS) is 20.0. The van der Waals surface area contributed by atoms with E-state index in [9.17, 15) is 4.79 Å². The Balaban J connectivity index is 1.77. The van der Waals surface area contributed by atoms with Crippen molar-refractivity contribution in [3.63, 3.8) is 0 Å². The number of hydrogen-bond donors (Lipinski definition) is 0. The van der Waals surface area contributed by atoms with Crippen LogP contribution in [-0.2, 0) is 22.0 Å². The summed E-state index contributed by atoms with van der Waals surface area (Å²) in [4.78, 5) is 14.3. The molecule has 1 fully saturated rings. The van der Waals surface area contributed by atoms with Gasteiger partial charge in [0.1, 0.15) is 5.60 Å². The second kappa shape index (κ2) is 6.58. The molecule has 1 saturated heterocycles. The van der Waals surface area contributed by atoms with Crippen molar-refractivity contribution in [2.24, 2.45) is 0 Å². The predicted molar refractivity (Wildman–Crippen MR) is 107 cm³/mol. The number of carbonyl (C=O) groups excluding carboxylic acids is 1. The van der Waals surface area contributed by atoms with E-state index in [0.29, 0.717) is 0 Å². The molecule has 26 heavy (non-hydrogen) atoms. The van der Waals surface area contributed by atoms with Crippen LogP contribution >= 0.6 is 0 Å². The minimum Gasteiger partial charge on any atom is -0.444 e. The molecule has 144 valence electrons. The van der Waals surface area contributed by atoms with Crippen LogP contribution in [0.3, 0.4) is 0 Å². The van der Waals surface area contributed by atoms with Crippen molar-refractivity contribution in [2.75, 3.05) is 13.1 Å². The summed E-state index contributed by atoms with van der Waals surface area (Å²) in [6.45, 7) is 14.2. The van der Waals surface area contributed by atoms with E-state index in [2.05, 4.69) is 39.0 Å². The summed E-state index contributed by atoms with van der Waals surface area (Å²) in [5.74, 6) is 0. The van der Waals surface area contributed by atoms with Crippen LogP contribution in [0.2, 0.25) is 0 Å². The summed E-state index contributed by atoms with van der Waals surface area (Å²) < 4.78 is 5.56. The number of carbonyl (C=O) groups is 1. The van der Waals surface area contributed by atoms with Crippen LogP contribution in [-0.4, -0.2) is 29.7 Å². The van der Waals surface area contributed by atoms with Gasteiger partial charge in [0, 0.05) is 13.1 Å². The second-order valence-corrected chi connectivity index (χ2v) is 10.2. The number of piperidine rings is 1. The highest BCUT2D eigenvalue weighted by Gasteiger charge is 2.41. The average Bonchev–Trinajstić information content (AvgIpc) is 2.53. The minimum absolute atomic E-state index is 0.161. The molecule has 0 N–H and O–H groups in total. The van der Waals surface area contributed by atoms with Gasteiger partial charge >= 0.3 is 6.09 Å². The molecule has 0 atom stereocenters. The SMILES string of the molecule is CC(C)(C)OC(=O)N1CCC2(CCCc3cc(C(C)(C)C)ccc32)CC1. The predicted octanol–water partition coefficient (Wildman–Crippen LogP) is 5.59. The summed E-state index contributed by atoms with van der Waals surface area (Å²) in [7, 11) is 0. The van der Waals surface area contributed by atoms with Gasteiger partial charge in [-0.15, -0.1) is 0 Å². The van der Waals surface area contributed by atoms with E-state index >= 15 is 0 Å². The molecular formula is C23H35NO2. The first kappa shape index (κ1) is 19.3. The van der Waals surface area contributed by atoms with Gasteiger partial charge in [0.15, 0.2) is 0 Å². The molecule has 0 radical (unpaired) electrons. The highest BCUT2D eigenvalue weighted by molar-refractivity contribution is 5.68. The van der Waals surface area contributed by atoms with Crippen LogP contribution in [0.1, 0.15) is 83.9 Å². The van der Waals surface area contributed by atoms with E-state index in [1.165, 1.54) is 30.4 Å². The Hall–Kier alpha value is -1.51. The van der Waals surface area contributed by atoms with Crippen molar-refractivity contribution in [1.29, 1.82) is 0 Å². The van der Waals surface area contributed by atoms with E-state index in [1.54, 1.807) is 5.56 Å². The largest absolute Gasteiger partial charge is 0.444 e. The number of rotatable bonds is 0. The van der Waals surface area contributed by atoms with Gasteiger partial charge in [-0.1, -0.05) is 39.0 Å². The zero-order valence-electron chi connectivity index (χ0n) is 17.4. The molecule has 1 aromatic rings. The number of amides is 1. The van der Waals surface area contributed by atoms with Crippen LogP contribution in [0.25, 0.3) is 0 Å². The highest BCUT2D eigenvalue weighted by Crippen LogP contribution is 2.45. The van der Waals surface area contributed by atoms with Crippen LogP contribution < -0.4 is 0 Å². The Morgan fingerprint density at radius 3 is 2.27 bits per heavy atom. The molecule has 0 bridgehead atoms. The van der Waals surface area contributed by atoms with E-state index in [-0.39, 0.29) is 16.9 Å². The van der Waals surface area contributed by atoms with Gasteiger partial charge in [-0.3, -0.25) is 0 Å². The highest BCUT2D eigenvalue weighted by atomic mass is 16.6. The zero-order chi connectivity index (χ0) is 19.2. The summed E-state index contributed by atoms with van der Waals surface area (Å²) >= 11 is 0. The Morgan fingerprint density at radius 2 is 1.69 bits per heavy atom. The lowest BCUT2D eigenvalue weighted by atomic mass is 9.64. The summed E-state index contributed by atoms with van der Waals surface area (Å²) in [5, 5.41) is 0. The molecule has 0 saturated carbocycles. The Bertz CT molecular complexity index is 670. The molecule has 1 aliphatic carbocycles. The lowest BCUT2D eigenvalue weighted by Crippen LogP contribution is -2.47. The second-order valence-electron chi connectivity index (χ2n) is 10.2. The third-order valence-electron chi connectivity index (χ3n) is 6.02.